The summed E-state index contributed by atoms with van der Waals surface area (Å²) in [7, 11) is 3.75. The minimum atomic E-state index is -0.0206. The number of fused-ring (bicyclic) bond motifs is 2. The van der Waals surface area contributed by atoms with Crippen LogP contribution in [0.5, 0.6) is 17.2 Å². The van der Waals surface area contributed by atoms with Crippen molar-refractivity contribution in [1.29, 1.82) is 0 Å². The third-order valence-electron chi connectivity index (χ3n) is 5.84. The van der Waals surface area contributed by atoms with Crippen LogP contribution in [0.4, 0.5) is 0 Å². The van der Waals surface area contributed by atoms with Crippen LogP contribution in [0, 0.1) is 5.41 Å². The highest BCUT2D eigenvalue weighted by atomic mass is 16.7. The Kier molecular flexibility index (Phi) is 6.76. The Morgan fingerprint density at radius 2 is 2.13 bits per heavy atom. The van der Waals surface area contributed by atoms with Crippen molar-refractivity contribution in [3.63, 3.8) is 0 Å². The van der Waals surface area contributed by atoms with Crippen molar-refractivity contribution in [3.05, 3.63) is 41.0 Å². The first-order valence-corrected chi connectivity index (χ1v) is 10.5. The van der Waals surface area contributed by atoms with E-state index in [1.807, 2.05) is 6.08 Å². The van der Waals surface area contributed by atoms with E-state index < -0.39 is 0 Å². The van der Waals surface area contributed by atoms with Crippen LogP contribution < -0.4 is 14.2 Å². The van der Waals surface area contributed by atoms with Gasteiger partial charge in [0.15, 0.2) is 11.5 Å². The summed E-state index contributed by atoms with van der Waals surface area (Å²) in [6.07, 6.45) is 8.73. The van der Waals surface area contributed by atoms with Crippen molar-refractivity contribution in [3.8, 4) is 17.2 Å². The van der Waals surface area contributed by atoms with E-state index >= 15 is 0 Å². The SMILES string of the molecule is COc1c2c(cc3c1[C@@H](CC(/C=C/C(C)(C)CC=C(C)C)=NO)N(C)CC3)OCO2. The quantitative estimate of drug-likeness (QED) is 0.291. The fourth-order valence-electron chi connectivity index (χ4n) is 3.98. The summed E-state index contributed by atoms with van der Waals surface area (Å²) in [5, 5.41) is 13.3. The molecule has 2 aliphatic rings. The molecule has 0 radical (unpaired) electrons. The second-order valence-electron chi connectivity index (χ2n) is 9.07. The first-order valence-electron chi connectivity index (χ1n) is 10.5. The van der Waals surface area contributed by atoms with Crippen molar-refractivity contribution in [1.82, 2.24) is 4.90 Å². The number of ether oxygens (including phenoxy) is 3. The van der Waals surface area contributed by atoms with Crippen LogP contribution in [-0.4, -0.2) is 43.3 Å². The summed E-state index contributed by atoms with van der Waals surface area (Å²) in [5.74, 6) is 2.13. The van der Waals surface area contributed by atoms with Gasteiger partial charge < -0.3 is 19.4 Å². The number of methoxy groups -OCH3 is 1. The molecule has 0 aromatic heterocycles. The zero-order valence-electron chi connectivity index (χ0n) is 19.0. The van der Waals surface area contributed by atoms with Crippen molar-refractivity contribution in [2.24, 2.45) is 10.6 Å². The van der Waals surface area contributed by atoms with Crippen molar-refractivity contribution < 1.29 is 19.4 Å². The summed E-state index contributed by atoms with van der Waals surface area (Å²) in [6, 6.07) is 2.09. The maximum absolute atomic E-state index is 9.72. The Morgan fingerprint density at radius 1 is 1.37 bits per heavy atom. The summed E-state index contributed by atoms with van der Waals surface area (Å²) in [5.41, 5.74) is 4.22. The molecular formula is C24H34N2O4. The highest BCUT2D eigenvalue weighted by Crippen LogP contribution is 2.50. The van der Waals surface area contributed by atoms with Crippen LogP contribution >= 0.6 is 0 Å². The molecule has 0 amide bonds. The van der Waals surface area contributed by atoms with Gasteiger partial charge in [0.05, 0.1) is 12.8 Å². The lowest BCUT2D eigenvalue weighted by molar-refractivity contribution is 0.170. The smallest absolute Gasteiger partial charge is 0.231 e. The van der Waals surface area contributed by atoms with Gasteiger partial charge in [-0.3, -0.25) is 4.90 Å². The molecule has 0 saturated heterocycles. The Hall–Kier alpha value is -2.47. The second kappa shape index (κ2) is 9.13. The van der Waals surface area contributed by atoms with E-state index in [0.29, 0.717) is 17.9 Å². The van der Waals surface area contributed by atoms with Crippen LogP contribution in [0.15, 0.2) is 35.0 Å². The van der Waals surface area contributed by atoms with E-state index in [4.69, 9.17) is 14.2 Å². The molecule has 1 aromatic carbocycles. The minimum Gasteiger partial charge on any atom is -0.492 e. The lowest BCUT2D eigenvalue weighted by Crippen LogP contribution is -2.33. The number of likely N-dealkylation sites (N-methyl/N-ethyl adjacent to an activating group) is 1. The molecule has 30 heavy (non-hydrogen) atoms. The molecule has 3 rings (SSSR count). The third-order valence-corrected chi connectivity index (χ3v) is 5.84. The standard InChI is InChI=1S/C24H34N2O4/c1-16(2)7-10-24(3,4)11-8-18(25-27)14-19-21-17(9-12-26(19)5)13-20-22(23(21)28-6)30-15-29-20/h7-8,11,13,19,27H,9-10,12,14-15H2,1-6H3/b11-8+,25-18?/t19-/m1/s1. The molecule has 164 valence electrons. The Labute approximate surface area is 179 Å². The lowest BCUT2D eigenvalue weighted by atomic mass is 9.86. The molecular weight excluding hydrogens is 380 g/mol. The largest absolute Gasteiger partial charge is 0.492 e. The van der Waals surface area contributed by atoms with Crippen LogP contribution in [-0.2, 0) is 6.42 Å². The molecule has 0 bridgehead atoms. The van der Waals surface area contributed by atoms with E-state index in [1.54, 1.807) is 7.11 Å². The normalized spacial score (nSPS) is 19.1. The van der Waals surface area contributed by atoms with E-state index in [1.165, 1.54) is 11.1 Å². The summed E-state index contributed by atoms with van der Waals surface area (Å²) in [6.45, 7) is 9.70. The Bertz CT molecular complexity index is 866. The van der Waals surface area contributed by atoms with Crippen molar-refractivity contribution in [2.75, 3.05) is 27.5 Å². The first kappa shape index (κ1) is 22.2. The number of oxime groups is 1. The average Bonchev–Trinajstić information content (AvgIpc) is 3.17. The molecule has 0 spiro atoms. The Morgan fingerprint density at radius 3 is 2.80 bits per heavy atom. The van der Waals surface area contributed by atoms with E-state index in [-0.39, 0.29) is 18.2 Å². The molecule has 0 aliphatic carbocycles. The summed E-state index contributed by atoms with van der Waals surface area (Å²) in [4.78, 5) is 2.28. The number of hydrogen-bond donors (Lipinski definition) is 1. The van der Waals surface area contributed by atoms with Crippen molar-refractivity contribution >= 4 is 5.71 Å². The van der Waals surface area contributed by atoms with Crippen LogP contribution in [0.3, 0.4) is 0 Å². The molecule has 1 N–H and O–H groups in total. The molecule has 0 saturated carbocycles. The number of benzene rings is 1. The summed E-state index contributed by atoms with van der Waals surface area (Å²) >= 11 is 0. The molecule has 0 fully saturated rings. The minimum absolute atomic E-state index is 0.0206. The predicted molar refractivity (Wildman–Crippen MR) is 119 cm³/mol. The molecule has 0 unspecified atom stereocenters. The van der Waals surface area contributed by atoms with E-state index in [0.717, 1.165) is 36.4 Å². The van der Waals surface area contributed by atoms with Gasteiger partial charge in [0.1, 0.15) is 0 Å². The number of rotatable bonds is 7. The molecule has 2 heterocycles. The van der Waals surface area contributed by atoms with Crippen LogP contribution in [0.1, 0.15) is 57.7 Å². The highest BCUT2D eigenvalue weighted by Gasteiger charge is 2.34. The monoisotopic (exact) mass is 414 g/mol. The zero-order chi connectivity index (χ0) is 21.9. The van der Waals surface area contributed by atoms with E-state index in [9.17, 15) is 5.21 Å². The molecule has 6 heteroatoms. The van der Waals surface area contributed by atoms with Gasteiger partial charge in [0.25, 0.3) is 0 Å². The van der Waals surface area contributed by atoms with Gasteiger partial charge >= 0.3 is 0 Å². The number of allylic oxidation sites excluding steroid dienone is 4. The molecule has 1 aromatic rings. The molecule has 1 atom stereocenters. The van der Waals surface area contributed by atoms with Gasteiger partial charge in [-0.1, -0.05) is 36.7 Å². The van der Waals surface area contributed by atoms with Gasteiger partial charge in [-0.15, -0.1) is 0 Å². The molecule has 2 aliphatic heterocycles. The summed E-state index contributed by atoms with van der Waals surface area (Å²) < 4.78 is 17.0. The fraction of sp³-hybridized carbons (Fsp3) is 0.542. The van der Waals surface area contributed by atoms with Gasteiger partial charge in [-0.2, -0.15) is 0 Å². The first-order chi connectivity index (χ1) is 14.3. The van der Waals surface area contributed by atoms with E-state index in [2.05, 4.69) is 63.0 Å². The number of hydrogen-bond acceptors (Lipinski definition) is 6. The Balaban J connectivity index is 1.88. The van der Waals surface area contributed by atoms with Gasteiger partial charge in [0, 0.05) is 24.6 Å². The third kappa shape index (κ3) is 4.81. The fourth-order valence-corrected chi connectivity index (χ4v) is 3.98. The topological polar surface area (TPSA) is 63.5 Å². The predicted octanol–water partition coefficient (Wildman–Crippen LogP) is 5.11. The van der Waals surface area contributed by atoms with Crippen molar-refractivity contribution in [2.45, 2.75) is 53.0 Å². The number of nitrogens with zero attached hydrogens (tertiary/aromatic N) is 2. The lowest BCUT2D eigenvalue weighted by Gasteiger charge is -2.35. The average molecular weight is 415 g/mol. The van der Waals surface area contributed by atoms with Gasteiger partial charge in [-0.25, -0.2) is 0 Å². The van der Waals surface area contributed by atoms with Crippen LogP contribution in [0.2, 0.25) is 0 Å². The highest BCUT2D eigenvalue weighted by molar-refractivity contribution is 5.95. The van der Waals surface area contributed by atoms with Gasteiger partial charge in [-0.05, 0) is 56.9 Å². The maximum atomic E-state index is 9.72. The van der Waals surface area contributed by atoms with Gasteiger partial charge in [0.2, 0.25) is 12.5 Å². The molecule has 6 nitrogen and oxygen atoms in total. The maximum Gasteiger partial charge on any atom is 0.231 e. The zero-order valence-corrected chi connectivity index (χ0v) is 19.0. The van der Waals surface area contributed by atoms with Crippen LogP contribution in [0.25, 0.3) is 0 Å². The second-order valence-corrected chi connectivity index (χ2v) is 9.07.